The van der Waals surface area contributed by atoms with Gasteiger partial charge in [-0.3, -0.25) is 0 Å². The molecule has 0 aromatic rings. The van der Waals surface area contributed by atoms with Crippen LogP contribution < -0.4 is 0 Å². The lowest BCUT2D eigenvalue weighted by molar-refractivity contribution is -0.167. The molecule has 18 heavy (non-hydrogen) atoms. The Bertz CT molecular complexity index is 251. The van der Waals surface area contributed by atoms with Crippen molar-refractivity contribution in [2.75, 3.05) is 0 Å². The highest BCUT2D eigenvalue weighted by atomic mass is 16.6. The molecule has 1 aliphatic rings. The molecule has 0 aromatic heterocycles. The Balaban J connectivity index is 2.36. The van der Waals surface area contributed by atoms with Crippen molar-refractivity contribution in [1.29, 1.82) is 0 Å². The van der Waals surface area contributed by atoms with Gasteiger partial charge in [-0.15, -0.1) is 0 Å². The number of esters is 1. The second kappa shape index (κ2) is 8.95. The molecule has 0 atom stereocenters. The summed E-state index contributed by atoms with van der Waals surface area (Å²) in [6.07, 6.45) is 12.2. The van der Waals surface area contributed by atoms with E-state index in [0.29, 0.717) is 0 Å². The maximum absolute atomic E-state index is 11.1. The second-order valence-corrected chi connectivity index (χ2v) is 5.09. The summed E-state index contributed by atoms with van der Waals surface area (Å²) in [5, 5.41) is 8.55. The smallest absolute Gasteiger partial charge is 0.417 e. The molecule has 0 unspecified atom stereocenters. The molecule has 104 valence electrons. The predicted octanol–water partition coefficient (Wildman–Crippen LogP) is 3.29. The maximum Gasteiger partial charge on any atom is 0.417 e. The largest absolute Gasteiger partial charge is 0.473 e. The number of ether oxygens (including phenoxy) is 1. The van der Waals surface area contributed by atoms with Crippen LogP contribution in [0.15, 0.2) is 0 Å². The number of aliphatic carboxylic acids is 1. The van der Waals surface area contributed by atoms with Gasteiger partial charge in [0.1, 0.15) is 6.10 Å². The van der Waals surface area contributed by atoms with Gasteiger partial charge in [0.15, 0.2) is 0 Å². The van der Waals surface area contributed by atoms with E-state index in [1.165, 1.54) is 32.1 Å². The van der Waals surface area contributed by atoms with E-state index >= 15 is 0 Å². The summed E-state index contributed by atoms with van der Waals surface area (Å²) in [7, 11) is 0. The zero-order valence-corrected chi connectivity index (χ0v) is 11.0. The number of carbonyl (C=O) groups is 2. The third-order valence-corrected chi connectivity index (χ3v) is 3.50. The third kappa shape index (κ3) is 6.62. The van der Waals surface area contributed by atoms with Crippen LogP contribution in [0.5, 0.6) is 0 Å². The molecule has 4 heteroatoms. The molecule has 4 nitrogen and oxygen atoms in total. The van der Waals surface area contributed by atoms with E-state index in [1.54, 1.807) is 0 Å². The van der Waals surface area contributed by atoms with Crippen LogP contribution in [0.2, 0.25) is 0 Å². The maximum atomic E-state index is 11.1. The van der Waals surface area contributed by atoms with Crippen molar-refractivity contribution in [2.45, 2.75) is 76.7 Å². The molecule has 0 spiro atoms. The Morgan fingerprint density at radius 3 is 1.56 bits per heavy atom. The number of carboxylic acid groups (broad SMARTS) is 1. The number of carboxylic acids is 1. The molecule has 0 bridgehead atoms. The van der Waals surface area contributed by atoms with Crippen molar-refractivity contribution in [3.8, 4) is 0 Å². The SMILES string of the molecule is O=C(O)C(=O)OC1CCCCCCCCCCC1. The Morgan fingerprint density at radius 2 is 1.17 bits per heavy atom. The molecule has 1 rings (SSSR count). The highest BCUT2D eigenvalue weighted by Gasteiger charge is 2.19. The second-order valence-electron chi connectivity index (χ2n) is 5.09. The van der Waals surface area contributed by atoms with E-state index in [-0.39, 0.29) is 6.10 Å². The van der Waals surface area contributed by atoms with Gasteiger partial charge in [-0.05, 0) is 25.7 Å². The normalized spacial score (nSPS) is 20.4. The monoisotopic (exact) mass is 256 g/mol. The number of carbonyl (C=O) groups excluding carboxylic acids is 1. The van der Waals surface area contributed by atoms with Crippen molar-refractivity contribution in [1.82, 2.24) is 0 Å². The minimum absolute atomic E-state index is 0.201. The Labute approximate surface area is 109 Å². The lowest BCUT2D eigenvalue weighted by Crippen LogP contribution is -2.24. The topological polar surface area (TPSA) is 63.6 Å². The molecule has 1 fully saturated rings. The minimum Gasteiger partial charge on any atom is -0.473 e. The fraction of sp³-hybridized carbons (Fsp3) is 0.857. The van der Waals surface area contributed by atoms with Crippen molar-refractivity contribution in [3.05, 3.63) is 0 Å². The van der Waals surface area contributed by atoms with Crippen LogP contribution in [0.1, 0.15) is 70.6 Å². The number of rotatable bonds is 1. The highest BCUT2D eigenvalue weighted by Crippen LogP contribution is 2.18. The first kappa shape index (κ1) is 15.0. The van der Waals surface area contributed by atoms with E-state index in [2.05, 4.69) is 0 Å². The van der Waals surface area contributed by atoms with Crippen molar-refractivity contribution in [3.63, 3.8) is 0 Å². The van der Waals surface area contributed by atoms with Crippen molar-refractivity contribution >= 4 is 11.9 Å². The molecular formula is C14H24O4. The van der Waals surface area contributed by atoms with E-state index in [9.17, 15) is 9.59 Å². The van der Waals surface area contributed by atoms with Gasteiger partial charge < -0.3 is 9.84 Å². The van der Waals surface area contributed by atoms with Crippen LogP contribution in [0.4, 0.5) is 0 Å². The van der Waals surface area contributed by atoms with Crippen LogP contribution >= 0.6 is 0 Å². The van der Waals surface area contributed by atoms with Gasteiger partial charge in [-0.1, -0.05) is 44.9 Å². The molecule has 0 saturated heterocycles. The Kier molecular flexibility index (Phi) is 7.46. The first-order valence-corrected chi connectivity index (χ1v) is 7.14. The average Bonchev–Trinajstić information content (AvgIpc) is 2.32. The van der Waals surface area contributed by atoms with Crippen molar-refractivity contribution in [2.24, 2.45) is 0 Å². The zero-order chi connectivity index (χ0) is 13.2. The van der Waals surface area contributed by atoms with Crippen LogP contribution in [0.3, 0.4) is 0 Å². The van der Waals surface area contributed by atoms with Gasteiger partial charge in [0.05, 0.1) is 0 Å². The molecule has 0 amide bonds. The lowest BCUT2D eigenvalue weighted by Gasteiger charge is -2.17. The first-order valence-electron chi connectivity index (χ1n) is 7.14. The van der Waals surface area contributed by atoms with Gasteiger partial charge in [-0.2, -0.15) is 0 Å². The van der Waals surface area contributed by atoms with Crippen LogP contribution in [0.25, 0.3) is 0 Å². The van der Waals surface area contributed by atoms with E-state index in [4.69, 9.17) is 9.84 Å². The van der Waals surface area contributed by atoms with E-state index < -0.39 is 11.9 Å². The zero-order valence-electron chi connectivity index (χ0n) is 11.0. The van der Waals surface area contributed by atoms with Crippen LogP contribution in [-0.4, -0.2) is 23.1 Å². The summed E-state index contributed by atoms with van der Waals surface area (Å²) in [6.45, 7) is 0. The fourth-order valence-corrected chi connectivity index (χ4v) is 2.45. The van der Waals surface area contributed by atoms with Crippen LogP contribution in [-0.2, 0) is 14.3 Å². The van der Waals surface area contributed by atoms with E-state index in [0.717, 1.165) is 38.5 Å². The summed E-state index contributed by atoms with van der Waals surface area (Å²) >= 11 is 0. The van der Waals surface area contributed by atoms with Gasteiger partial charge in [0.2, 0.25) is 0 Å². The standard InChI is InChI=1S/C14H24O4/c15-13(16)14(17)18-12-10-8-6-4-2-1-3-5-7-9-11-12/h12H,1-11H2,(H,15,16). The van der Waals surface area contributed by atoms with Crippen molar-refractivity contribution < 1.29 is 19.4 Å². The molecule has 1 N–H and O–H groups in total. The Hall–Kier alpha value is -1.06. The fourth-order valence-electron chi connectivity index (χ4n) is 2.45. The number of hydrogen-bond acceptors (Lipinski definition) is 3. The van der Waals surface area contributed by atoms with Gasteiger partial charge in [0, 0.05) is 0 Å². The van der Waals surface area contributed by atoms with Gasteiger partial charge in [0.25, 0.3) is 0 Å². The molecular weight excluding hydrogens is 232 g/mol. The average molecular weight is 256 g/mol. The Morgan fingerprint density at radius 1 is 0.778 bits per heavy atom. The van der Waals surface area contributed by atoms with Crippen LogP contribution in [0, 0.1) is 0 Å². The molecule has 1 aliphatic carbocycles. The predicted molar refractivity (Wildman–Crippen MR) is 68.3 cm³/mol. The van der Waals surface area contributed by atoms with Gasteiger partial charge >= 0.3 is 11.9 Å². The molecule has 0 heterocycles. The lowest BCUT2D eigenvalue weighted by atomic mass is 9.99. The highest BCUT2D eigenvalue weighted by molar-refractivity contribution is 6.28. The quantitative estimate of drug-likeness (QED) is 0.577. The molecule has 1 saturated carbocycles. The van der Waals surface area contributed by atoms with E-state index in [1.807, 2.05) is 0 Å². The first-order chi connectivity index (χ1) is 8.70. The summed E-state index contributed by atoms with van der Waals surface area (Å²) in [5.74, 6) is -2.59. The molecule has 0 radical (unpaired) electrons. The summed E-state index contributed by atoms with van der Waals surface area (Å²) in [6, 6.07) is 0. The summed E-state index contributed by atoms with van der Waals surface area (Å²) in [5.41, 5.74) is 0. The molecule has 0 aliphatic heterocycles. The summed E-state index contributed by atoms with van der Waals surface area (Å²) < 4.78 is 5.02. The summed E-state index contributed by atoms with van der Waals surface area (Å²) in [4.78, 5) is 21.5. The van der Waals surface area contributed by atoms with Gasteiger partial charge in [-0.25, -0.2) is 9.59 Å². The third-order valence-electron chi connectivity index (χ3n) is 3.50. The number of hydrogen-bond donors (Lipinski definition) is 1. The molecule has 0 aromatic carbocycles. The minimum atomic E-state index is -1.49.